The Morgan fingerprint density at radius 2 is 0.466 bits per heavy atom. The molecule has 2 nitrogen and oxygen atoms in total. The van der Waals surface area contributed by atoms with Crippen molar-refractivity contribution in [3.63, 3.8) is 0 Å². The van der Waals surface area contributed by atoms with Gasteiger partial charge in [0.25, 0.3) is 0 Å². The molecule has 0 heterocycles. The highest BCUT2D eigenvalue weighted by Crippen LogP contribution is 2.43. The Kier molecular flexibility index (Phi) is 10.4. The molecule has 7 rings (SSSR count). The van der Waals surface area contributed by atoms with Gasteiger partial charge in [0.05, 0.1) is 0 Å². The first kappa shape index (κ1) is 40.8. The highest BCUT2D eigenvalue weighted by atomic mass is 15.1. The Labute approximate surface area is 349 Å². The second-order valence-corrected chi connectivity index (χ2v) is 20.6. The Balaban J connectivity index is 1.36. The minimum absolute atomic E-state index is 0.0843. The minimum atomic E-state index is 0.0843. The molecule has 0 spiro atoms. The topological polar surface area (TPSA) is 6.48 Å². The molecule has 0 bridgehead atoms. The molecule has 7 aromatic carbocycles. The van der Waals surface area contributed by atoms with E-state index in [0.29, 0.717) is 0 Å². The lowest BCUT2D eigenvalue weighted by atomic mass is 9.86. The first-order valence-electron chi connectivity index (χ1n) is 21.1. The van der Waals surface area contributed by atoms with Crippen molar-refractivity contribution in [2.45, 2.75) is 119 Å². The summed E-state index contributed by atoms with van der Waals surface area (Å²) in [6, 6.07) is 50.6. The maximum Gasteiger partial charge on any atom is 0.0468 e. The van der Waals surface area contributed by atoms with Crippen LogP contribution in [0.4, 0.5) is 34.1 Å². The fraction of sp³-hybridized carbons (Fsp3) is 0.321. The average Bonchev–Trinajstić information content (AvgIpc) is 3.16. The molecule has 298 valence electrons. The predicted molar refractivity (Wildman–Crippen MR) is 255 cm³/mol. The maximum absolute atomic E-state index is 2.41. The van der Waals surface area contributed by atoms with Crippen LogP contribution in [0.1, 0.15) is 116 Å². The number of nitrogens with zero attached hydrogens (tertiary/aromatic N) is 2. The zero-order chi connectivity index (χ0) is 41.9. The van der Waals surface area contributed by atoms with E-state index in [1.54, 1.807) is 0 Å². The molecule has 0 radical (unpaired) electrons. The lowest BCUT2D eigenvalue weighted by Crippen LogP contribution is -2.14. The fourth-order valence-electron chi connectivity index (χ4n) is 8.24. The summed E-state index contributed by atoms with van der Waals surface area (Å²) in [5.74, 6) is 0. The van der Waals surface area contributed by atoms with Crippen LogP contribution in [0, 0.1) is 13.8 Å². The van der Waals surface area contributed by atoms with Gasteiger partial charge < -0.3 is 9.80 Å². The number of anilines is 6. The van der Waals surface area contributed by atoms with Gasteiger partial charge in [-0.15, -0.1) is 0 Å². The molecule has 0 saturated heterocycles. The monoisotopic (exact) mass is 765 g/mol. The van der Waals surface area contributed by atoms with Crippen LogP contribution in [-0.2, 0) is 21.7 Å². The van der Waals surface area contributed by atoms with Crippen LogP contribution in [0.3, 0.4) is 0 Å². The lowest BCUT2D eigenvalue weighted by Gasteiger charge is -2.29. The Bertz CT molecular complexity index is 2260. The molecule has 0 aromatic heterocycles. The van der Waals surface area contributed by atoms with Gasteiger partial charge in [0, 0.05) is 34.1 Å². The summed E-state index contributed by atoms with van der Waals surface area (Å²) < 4.78 is 0. The molecule has 2 heteroatoms. The molecule has 0 aliphatic heterocycles. The quantitative estimate of drug-likeness (QED) is 0.156. The van der Waals surface area contributed by atoms with Crippen molar-refractivity contribution in [2.75, 3.05) is 9.80 Å². The molecule has 0 atom stereocenters. The standard InChI is InChI=1S/C56H64N2/c1-37-49-33-31-48(58(45-27-19-41(20-28-45)55(9,10)11)46-29-21-42(22-30-46)56(12,13)14)36-52(49)38(2)50-34-32-47(35-51(37)50)57(43-23-15-39(16-24-43)53(3,4)5)44-25-17-40(18-26-44)54(6,7)8/h15-36H,1-14H3. The van der Waals surface area contributed by atoms with Crippen molar-refractivity contribution in [2.24, 2.45) is 0 Å². The normalized spacial score (nSPS) is 12.7. The van der Waals surface area contributed by atoms with Crippen molar-refractivity contribution < 1.29 is 0 Å². The molecule has 0 unspecified atom stereocenters. The predicted octanol–water partition coefficient (Wildman–Crippen LogP) is 16.7. The van der Waals surface area contributed by atoms with E-state index in [4.69, 9.17) is 0 Å². The number of hydrogen-bond donors (Lipinski definition) is 0. The second-order valence-electron chi connectivity index (χ2n) is 20.6. The zero-order valence-electron chi connectivity index (χ0n) is 37.6. The van der Waals surface area contributed by atoms with E-state index in [-0.39, 0.29) is 21.7 Å². The first-order chi connectivity index (χ1) is 27.1. The van der Waals surface area contributed by atoms with E-state index in [1.807, 2.05) is 0 Å². The highest BCUT2D eigenvalue weighted by Gasteiger charge is 2.22. The summed E-state index contributed by atoms with van der Waals surface area (Å²) in [5.41, 5.74) is 15.2. The molecule has 0 aliphatic carbocycles. The minimum Gasteiger partial charge on any atom is -0.310 e. The SMILES string of the molecule is Cc1c2ccc(N(c3ccc(C(C)(C)C)cc3)c3ccc(C(C)(C)C)cc3)cc2c(C)c2ccc(N(c3ccc(C(C)(C)C)cc3)c3ccc(C(C)(C)C)cc3)cc12. The lowest BCUT2D eigenvalue weighted by molar-refractivity contribution is 0.590. The Morgan fingerprint density at radius 1 is 0.259 bits per heavy atom. The molecule has 7 aromatic rings. The fourth-order valence-corrected chi connectivity index (χ4v) is 8.24. The van der Waals surface area contributed by atoms with Gasteiger partial charge in [-0.25, -0.2) is 0 Å². The molecular weight excluding hydrogens is 701 g/mol. The molecular formula is C56H64N2. The van der Waals surface area contributed by atoms with Gasteiger partial charge in [-0.3, -0.25) is 0 Å². The van der Waals surface area contributed by atoms with Crippen LogP contribution in [0.5, 0.6) is 0 Å². The second kappa shape index (κ2) is 14.8. The summed E-state index contributed by atoms with van der Waals surface area (Å²) >= 11 is 0. The van der Waals surface area contributed by atoms with Gasteiger partial charge in [-0.1, -0.05) is 144 Å². The molecule has 0 N–H and O–H groups in total. The van der Waals surface area contributed by atoms with Crippen LogP contribution in [0.15, 0.2) is 133 Å². The molecule has 0 aliphatic rings. The number of benzene rings is 7. The summed E-state index contributed by atoms with van der Waals surface area (Å²) in [5, 5.41) is 5.13. The van der Waals surface area contributed by atoms with E-state index in [2.05, 4.69) is 240 Å². The zero-order valence-corrected chi connectivity index (χ0v) is 37.6. The van der Waals surface area contributed by atoms with Crippen LogP contribution in [-0.4, -0.2) is 0 Å². The first-order valence-corrected chi connectivity index (χ1v) is 21.1. The smallest absolute Gasteiger partial charge is 0.0468 e. The van der Waals surface area contributed by atoms with Crippen molar-refractivity contribution in [3.05, 3.63) is 167 Å². The Hall–Kier alpha value is -5.34. The summed E-state index contributed by atoms with van der Waals surface area (Å²) in [4.78, 5) is 4.82. The largest absolute Gasteiger partial charge is 0.310 e. The third kappa shape index (κ3) is 8.04. The van der Waals surface area contributed by atoms with Gasteiger partial charge in [-0.2, -0.15) is 0 Å². The molecule has 58 heavy (non-hydrogen) atoms. The van der Waals surface area contributed by atoms with E-state index in [1.165, 1.54) is 54.9 Å². The maximum atomic E-state index is 2.41. The van der Waals surface area contributed by atoms with Gasteiger partial charge >= 0.3 is 0 Å². The number of aryl methyl sites for hydroxylation is 2. The van der Waals surface area contributed by atoms with Crippen LogP contribution < -0.4 is 9.80 Å². The van der Waals surface area contributed by atoms with Gasteiger partial charge in [-0.05, 0) is 163 Å². The highest BCUT2D eigenvalue weighted by molar-refractivity contribution is 6.08. The van der Waals surface area contributed by atoms with Gasteiger partial charge in [0.1, 0.15) is 0 Å². The summed E-state index contributed by atoms with van der Waals surface area (Å²) in [6.45, 7) is 31.9. The average molecular weight is 765 g/mol. The molecule has 0 amide bonds. The molecule has 0 fully saturated rings. The van der Waals surface area contributed by atoms with Gasteiger partial charge in [0.2, 0.25) is 0 Å². The van der Waals surface area contributed by atoms with Crippen molar-refractivity contribution in [3.8, 4) is 0 Å². The number of fused-ring (bicyclic) bond motifs is 2. The summed E-state index contributed by atoms with van der Waals surface area (Å²) in [7, 11) is 0. The molecule has 0 saturated carbocycles. The van der Waals surface area contributed by atoms with E-state index < -0.39 is 0 Å². The van der Waals surface area contributed by atoms with Crippen molar-refractivity contribution in [1.29, 1.82) is 0 Å². The van der Waals surface area contributed by atoms with Crippen molar-refractivity contribution in [1.82, 2.24) is 0 Å². The van der Waals surface area contributed by atoms with E-state index in [9.17, 15) is 0 Å². The number of rotatable bonds is 6. The number of hydrogen-bond acceptors (Lipinski definition) is 2. The van der Waals surface area contributed by atoms with Crippen LogP contribution in [0.25, 0.3) is 21.5 Å². The Morgan fingerprint density at radius 3 is 0.672 bits per heavy atom. The summed E-state index contributed by atoms with van der Waals surface area (Å²) in [6.07, 6.45) is 0. The van der Waals surface area contributed by atoms with Crippen molar-refractivity contribution >= 4 is 55.7 Å². The third-order valence-corrected chi connectivity index (χ3v) is 12.1. The van der Waals surface area contributed by atoms with Crippen LogP contribution >= 0.6 is 0 Å². The van der Waals surface area contributed by atoms with E-state index in [0.717, 1.165) is 34.1 Å². The van der Waals surface area contributed by atoms with Gasteiger partial charge in [0.15, 0.2) is 0 Å². The third-order valence-electron chi connectivity index (χ3n) is 12.1. The van der Waals surface area contributed by atoms with Crippen LogP contribution in [0.2, 0.25) is 0 Å². The van der Waals surface area contributed by atoms with E-state index >= 15 is 0 Å².